The van der Waals surface area contributed by atoms with E-state index in [1.807, 2.05) is 0 Å². The molecular formula is C19H22N2O3S. The number of carbonyl (C=O) groups excluding carboxylic acids is 1. The van der Waals surface area contributed by atoms with Gasteiger partial charge in [0.15, 0.2) is 9.84 Å². The first-order chi connectivity index (χ1) is 12.0. The fraction of sp³-hybridized carbons (Fsp3) is 0.316. The quantitative estimate of drug-likeness (QED) is 0.833. The van der Waals surface area contributed by atoms with E-state index in [1.165, 1.54) is 0 Å². The summed E-state index contributed by atoms with van der Waals surface area (Å²) in [6.07, 6.45) is 2.56. The van der Waals surface area contributed by atoms with E-state index in [9.17, 15) is 13.2 Å². The number of sulfone groups is 1. The number of carbonyl (C=O) groups is 1. The van der Waals surface area contributed by atoms with Crippen LogP contribution in [0.4, 0.5) is 5.69 Å². The zero-order chi connectivity index (χ0) is 17.7. The van der Waals surface area contributed by atoms with Gasteiger partial charge in [-0.15, -0.1) is 0 Å². The van der Waals surface area contributed by atoms with Gasteiger partial charge in [-0.05, 0) is 49.2 Å². The summed E-state index contributed by atoms with van der Waals surface area (Å²) in [6, 6.07) is 15.6. The molecule has 0 spiro atoms. The average molecular weight is 358 g/mol. The zero-order valence-corrected chi connectivity index (χ0v) is 14.8. The van der Waals surface area contributed by atoms with Crippen molar-refractivity contribution < 1.29 is 13.2 Å². The molecule has 0 bridgehead atoms. The lowest BCUT2D eigenvalue weighted by atomic mass is 10.1. The minimum absolute atomic E-state index is 0.0533. The summed E-state index contributed by atoms with van der Waals surface area (Å²) >= 11 is 0. The Balaban J connectivity index is 1.66. The van der Waals surface area contributed by atoms with Gasteiger partial charge in [0.25, 0.3) is 0 Å². The lowest BCUT2D eigenvalue weighted by molar-refractivity contribution is -0.116. The number of rotatable bonds is 6. The van der Waals surface area contributed by atoms with E-state index >= 15 is 0 Å². The van der Waals surface area contributed by atoms with E-state index in [0.29, 0.717) is 22.6 Å². The molecule has 1 atom stereocenters. The Morgan fingerprint density at radius 1 is 1.12 bits per heavy atom. The van der Waals surface area contributed by atoms with Gasteiger partial charge < -0.3 is 10.6 Å². The first kappa shape index (κ1) is 17.6. The topological polar surface area (TPSA) is 75.3 Å². The molecule has 0 radical (unpaired) electrons. The highest BCUT2D eigenvalue weighted by molar-refractivity contribution is 7.90. The van der Waals surface area contributed by atoms with Crippen LogP contribution in [-0.2, 0) is 20.4 Å². The Bertz CT molecular complexity index is 829. The molecule has 1 amide bonds. The molecule has 1 aliphatic heterocycles. The minimum atomic E-state index is -3.40. The molecule has 2 N–H and O–H groups in total. The van der Waals surface area contributed by atoms with Gasteiger partial charge in [-0.1, -0.05) is 30.3 Å². The molecule has 1 saturated heterocycles. The minimum Gasteiger partial charge on any atom is -0.326 e. The first-order valence-corrected chi connectivity index (χ1v) is 10.1. The second-order valence-electron chi connectivity index (χ2n) is 6.32. The van der Waals surface area contributed by atoms with Gasteiger partial charge >= 0.3 is 0 Å². The Morgan fingerprint density at radius 3 is 2.64 bits per heavy atom. The Kier molecular flexibility index (Phi) is 5.50. The second-order valence-corrected chi connectivity index (χ2v) is 8.31. The van der Waals surface area contributed by atoms with E-state index in [1.54, 1.807) is 54.6 Å². The fourth-order valence-corrected chi connectivity index (χ4v) is 4.39. The number of nitrogens with one attached hydrogen (secondary N) is 2. The SMILES string of the molecule is O=C(CC1CCCN1)Nc1cccc(CS(=O)(=O)c2ccccc2)c1. The molecule has 1 fully saturated rings. The van der Waals surface area contributed by atoms with Gasteiger partial charge in [0, 0.05) is 18.2 Å². The van der Waals surface area contributed by atoms with Crippen LogP contribution in [0.15, 0.2) is 59.5 Å². The Hall–Kier alpha value is -2.18. The number of hydrogen-bond acceptors (Lipinski definition) is 4. The predicted octanol–water partition coefficient (Wildman–Crippen LogP) is 2.74. The Labute approximate surface area is 148 Å². The summed E-state index contributed by atoms with van der Waals surface area (Å²) in [7, 11) is -3.40. The lowest BCUT2D eigenvalue weighted by Crippen LogP contribution is -2.27. The van der Waals surface area contributed by atoms with Gasteiger partial charge in [-0.25, -0.2) is 8.42 Å². The van der Waals surface area contributed by atoms with Crippen molar-refractivity contribution in [2.45, 2.75) is 36.0 Å². The average Bonchev–Trinajstić information content (AvgIpc) is 3.08. The van der Waals surface area contributed by atoms with Crippen molar-refractivity contribution in [2.24, 2.45) is 0 Å². The van der Waals surface area contributed by atoms with Gasteiger partial charge in [-0.3, -0.25) is 4.79 Å². The Morgan fingerprint density at radius 2 is 1.92 bits per heavy atom. The third-order valence-electron chi connectivity index (χ3n) is 4.26. The van der Waals surface area contributed by atoms with E-state index in [4.69, 9.17) is 0 Å². The molecule has 1 unspecified atom stereocenters. The summed E-state index contributed by atoms with van der Waals surface area (Å²) in [5, 5.41) is 6.15. The highest BCUT2D eigenvalue weighted by Crippen LogP contribution is 2.19. The van der Waals surface area contributed by atoms with Crippen LogP contribution < -0.4 is 10.6 Å². The highest BCUT2D eigenvalue weighted by atomic mass is 32.2. The molecule has 2 aromatic rings. The molecule has 0 aliphatic carbocycles. The molecule has 3 rings (SSSR count). The molecule has 1 aliphatic rings. The summed E-state index contributed by atoms with van der Waals surface area (Å²) in [5.41, 5.74) is 1.28. The highest BCUT2D eigenvalue weighted by Gasteiger charge is 2.18. The standard InChI is InChI=1S/C19H22N2O3S/c22-19(13-16-8-5-11-20-16)21-17-7-4-6-15(12-17)14-25(23,24)18-9-2-1-3-10-18/h1-4,6-7,9-10,12,16,20H,5,8,11,13-14H2,(H,21,22). The molecule has 0 aromatic heterocycles. The van der Waals surface area contributed by atoms with Crippen LogP contribution in [0.3, 0.4) is 0 Å². The molecule has 1 heterocycles. The molecule has 6 heteroatoms. The number of anilines is 1. The van der Waals surface area contributed by atoms with Crippen LogP contribution in [0.25, 0.3) is 0 Å². The monoisotopic (exact) mass is 358 g/mol. The van der Waals surface area contributed by atoms with Crippen molar-refractivity contribution >= 4 is 21.4 Å². The maximum atomic E-state index is 12.5. The summed E-state index contributed by atoms with van der Waals surface area (Å²) < 4.78 is 24.9. The molecular weight excluding hydrogens is 336 g/mol. The first-order valence-electron chi connectivity index (χ1n) is 8.43. The maximum absolute atomic E-state index is 12.5. The van der Waals surface area contributed by atoms with Crippen molar-refractivity contribution in [1.82, 2.24) is 5.32 Å². The van der Waals surface area contributed by atoms with E-state index in [2.05, 4.69) is 10.6 Å². The van der Waals surface area contributed by atoms with Crippen LogP contribution in [0, 0.1) is 0 Å². The smallest absolute Gasteiger partial charge is 0.225 e. The van der Waals surface area contributed by atoms with Gasteiger partial charge in [-0.2, -0.15) is 0 Å². The van der Waals surface area contributed by atoms with Crippen LogP contribution in [0.1, 0.15) is 24.8 Å². The molecule has 0 saturated carbocycles. The third kappa shape index (κ3) is 4.90. The van der Waals surface area contributed by atoms with Crippen LogP contribution in [-0.4, -0.2) is 26.9 Å². The van der Waals surface area contributed by atoms with Crippen molar-refractivity contribution in [1.29, 1.82) is 0 Å². The van der Waals surface area contributed by atoms with Gasteiger partial charge in [0.2, 0.25) is 5.91 Å². The lowest BCUT2D eigenvalue weighted by Gasteiger charge is -2.11. The predicted molar refractivity (Wildman–Crippen MR) is 98.0 cm³/mol. The molecule has 5 nitrogen and oxygen atoms in total. The van der Waals surface area contributed by atoms with Crippen LogP contribution >= 0.6 is 0 Å². The van der Waals surface area contributed by atoms with Crippen molar-refractivity contribution in [3.63, 3.8) is 0 Å². The third-order valence-corrected chi connectivity index (χ3v) is 5.97. The van der Waals surface area contributed by atoms with Crippen LogP contribution in [0.2, 0.25) is 0 Å². The summed E-state index contributed by atoms with van der Waals surface area (Å²) in [6.45, 7) is 0.963. The maximum Gasteiger partial charge on any atom is 0.225 e. The second kappa shape index (κ2) is 7.80. The molecule has 2 aromatic carbocycles. The van der Waals surface area contributed by atoms with E-state index in [0.717, 1.165) is 19.4 Å². The largest absolute Gasteiger partial charge is 0.326 e. The van der Waals surface area contributed by atoms with Crippen molar-refractivity contribution in [3.05, 3.63) is 60.2 Å². The van der Waals surface area contributed by atoms with Crippen LogP contribution in [0.5, 0.6) is 0 Å². The molecule has 132 valence electrons. The normalized spacial score (nSPS) is 17.4. The zero-order valence-electron chi connectivity index (χ0n) is 13.9. The van der Waals surface area contributed by atoms with Crippen molar-refractivity contribution in [3.8, 4) is 0 Å². The summed E-state index contributed by atoms with van der Waals surface area (Å²) in [4.78, 5) is 12.4. The van der Waals surface area contributed by atoms with Gasteiger partial charge in [0.1, 0.15) is 0 Å². The van der Waals surface area contributed by atoms with Gasteiger partial charge in [0.05, 0.1) is 10.6 Å². The number of benzene rings is 2. The van der Waals surface area contributed by atoms with E-state index in [-0.39, 0.29) is 17.7 Å². The summed E-state index contributed by atoms with van der Waals surface area (Å²) in [5.74, 6) is -0.146. The molecule has 25 heavy (non-hydrogen) atoms. The van der Waals surface area contributed by atoms with Crippen molar-refractivity contribution in [2.75, 3.05) is 11.9 Å². The fourth-order valence-electron chi connectivity index (χ4n) is 3.04. The number of hydrogen-bond donors (Lipinski definition) is 2. The number of amides is 1. The van der Waals surface area contributed by atoms with E-state index < -0.39 is 9.84 Å².